The molecule has 0 saturated carbocycles. The van der Waals surface area contributed by atoms with Crippen molar-refractivity contribution in [2.75, 3.05) is 0 Å². The van der Waals surface area contributed by atoms with E-state index in [1.54, 1.807) is 0 Å². The first-order valence-corrected chi connectivity index (χ1v) is 5.44. The van der Waals surface area contributed by atoms with Gasteiger partial charge in [-0.05, 0) is 0 Å². The van der Waals surface area contributed by atoms with Gasteiger partial charge in [-0.2, -0.15) is 0 Å². The zero-order chi connectivity index (χ0) is 10.2. The zero-order valence-corrected chi connectivity index (χ0v) is 10.1. The molecule has 0 spiro atoms. The first kappa shape index (κ1) is 9.86. The highest BCUT2D eigenvalue weighted by atomic mass is 79.9. The van der Waals surface area contributed by atoms with Gasteiger partial charge in [0.2, 0.25) is 3.23 Å². The van der Waals surface area contributed by atoms with Crippen molar-refractivity contribution in [1.82, 2.24) is 0 Å². The maximum atomic E-state index is 11.2. The third-order valence-corrected chi connectivity index (χ3v) is 3.22. The van der Waals surface area contributed by atoms with Crippen LogP contribution in [0, 0.1) is 0 Å². The van der Waals surface area contributed by atoms with Crippen LogP contribution in [-0.4, -0.2) is 14.9 Å². The topological polar surface area (TPSA) is 38.7 Å². The monoisotopic (exact) mass is 317 g/mol. The standard InChI is InChI=1S/C9H5Br2NO2/c10-9(11)7(12-14-8(9)13)6-4-2-1-3-5-6/h1-5H. The minimum Gasteiger partial charge on any atom is -0.315 e. The fourth-order valence-corrected chi connectivity index (χ4v) is 1.88. The summed E-state index contributed by atoms with van der Waals surface area (Å²) in [7, 11) is 0. The molecule has 0 unspecified atom stereocenters. The van der Waals surface area contributed by atoms with Crippen molar-refractivity contribution in [3.05, 3.63) is 35.9 Å². The van der Waals surface area contributed by atoms with E-state index in [0.717, 1.165) is 5.56 Å². The molecule has 0 atom stereocenters. The first-order chi connectivity index (χ1) is 6.62. The molecule has 0 bridgehead atoms. The lowest BCUT2D eigenvalue weighted by molar-refractivity contribution is -0.140. The minimum absolute atomic E-state index is 0.462. The van der Waals surface area contributed by atoms with Crippen LogP contribution in [0.5, 0.6) is 0 Å². The SMILES string of the molecule is O=C1ON=C(c2ccccc2)C1(Br)Br. The van der Waals surface area contributed by atoms with E-state index in [4.69, 9.17) is 0 Å². The van der Waals surface area contributed by atoms with Crippen LogP contribution in [0.25, 0.3) is 0 Å². The smallest absolute Gasteiger partial charge is 0.315 e. The highest BCUT2D eigenvalue weighted by Gasteiger charge is 2.46. The third kappa shape index (κ3) is 1.50. The largest absolute Gasteiger partial charge is 0.368 e. The van der Waals surface area contributed by atoms with E-state index in [1.807, 2.05) is 30.3 Å². The molecule has 2 rings (SSSR count). The number of nitrogens with zero attached hydrogens (tertiary/aromatic N) is 1. The zero-order valence-electron chi connectivity index (χ0n) is 6.91. The van der Waals surface area contributed by atoms with E-state index < -0.39 is 9.20 Å². The Bertz CT molecular complexity index is 401. The summed E-state index contributed by atoms with van der Waals surface area (Å²) in [5.41, 5.74) is 1.37. The lowest BCUT2D eigenvalue weighted by Crippen LogP contribution is -2.29. The Hall–Kier alpha value is -0.680. The van der Waals surface area contributed by atoms with E-state index in [1.165, 1.54) is 0 Å². The van der Waals surface area contributed by atoms with Crippen molar-refractivity contribution in [2.24, 2.45) is 5.16 Å². The van der Waals surface area contributed by atoms with Gasteiger partial charge < -0.3 is 4.84 Å². The van der Waals surface area contributed by atoms with Crippen LogP contribution < -0.4 is 0 Å². The van der Waals surface area contributed by atoms with Crippen LogP contribution in [0.1, 0.15) is 5.56 Å². The second-order valence-electron chi connectivity index (χ2n) is 2.76. The van der Waals surface area contributed by atoms with Gasteiger partial charge in [0.15, 0.2) is 0 Å². The maximum absolute atomic E-state index is 11.2. The van der Waals surface area contributed by atoms with Crippen LogP contribution in [0.4, 0.5) is 0 Å². The van der Waals surface area contributed by atoms with Crippen molar-refractivity contribution in [1.29, 1.82) is 0 Å². The number of carbonyl (C=O) groups excluding carboxylic acids is 1. The Morgan fingerprint density at radius 3 is 2.36 bits per heavy atom. The van der Waals surface area contributed by atoms with E-state index >= 15 is 0 Å². The fourth-order valence-electron chi connectivity index (χ4n) is 1.13. The molecule has 0 aliphatic carbocycles. The van der Waals surface area contributed by atoms with Gasteiger partial charge >= 0.3 is 5.97 Å². The molecule has 1 aliphatic rings. The van der Waals surface area contributed by atoms with Gasteiger partial charge in [-0.15, -0.1) is 0 Å². The van der Waals surface area contributed by atoms with Gasteiger partial charge in [0.25, 0.3) is 0 Å². The molecular weight excluding hydrogens is 314 g/mol. The normalized spacial score (nSPS) is 19.0. The Morgan fingerprint density at radius 1 is 1.21 bits per heavy atom. The minimum atomic E-state index is -1.01. The van der Waals surface area contributed by atoms with Crippen molar-refractivity contribution < 1.29 is 9.63 Å². The molecule has 0 aromatic heterocycles. The van der Waals surface area contributed by atoms with Gasteiger partial charge in [-0.3, -0.25) is 0 Å². The van der Waals surface area contributed by atoms with Gasteiger partial charge in [-0.1, -0.05) is 67.3 Å². The van der Waals surface area contributed by atoms with Crippen LogP contribution in [0.3, 0.4) is 0 Å². The highest BCUT2D eigenvalue weighted by Crippen LogP contribution is 2.36. The summed E-state index contributed by atoms with van der Waals surface area (Å²) in [5.74, 6) is -0.462. The number of carbonyl (C=O) groups is 1. The van der Waals surface area contributed by atoms with E-state index in [-0.39, 0.29) is 0 Å². The van der Waals surface area contributed by atoms with Gasteiger partial charge in [-0.25, -0.2) is 4.79 Å². The lowest BCUT2D eigenvalue weighted by atomic mass is 10.1. The quantitative estimate of drug-likeness (QED) is 0.589. The van der Waals surface area contributed by atoms with E-state index in [9.17, 15) is 4.79 Å². The number of alkyl halides is 2. The van der Waals surface area contributed by atoms with E-state index in [0.29, 0.717) is 5.71 Å². The summed E-state index contributed by atoms with van der Waals surface area (Å²) < 4.78 is -1.01. The summed E-state index contributed by atoms with van der Waals surface area (Å²) in [5, 5.41) is 3.71. The summed E-state index contributed by atoms with van der Waals surface area (Å²) in [4.78, 5) is 15.8. The van der Waals surface area contributed by atoms with Crippen LogP contribution >= 0.6 is 31.9 Å². The molecule has 1 aliphatic heterocycles. The highest BCUT2D eigenvalue weighted by molar-refractivity contribution is 9.26. The molecule has 14 heavy (non-hydrogen) atoms. The predicted octanol–water partition coefficient (Wildman–Crippen LogP) is 2.43. The molecule has 0 fully saturated rings. The Labute approximate surface area is 97.4 Å². The van der Waals surface area contributed by atoms with Crippen LogP contribution in [0.2, 0.25) is 0 Å². The van der Waals surface area contributed by atoms with Gasteiger partial charge in [0, 0.05) is 5.56 Å². The lowest BCUT2D eigenvalue weighted by Gasteiger charge is -2.10. The molecule has 0 radical (unpaired) electrons. The van der Waals surface area contributed by atoms with Crippen molar-refractivity contribution >= 4 is 43.5 Å². The number of oxime groups is 1. The predicted molar refractivity (Wildman–Crippen MR) is 59.7 cm³/mol. The number of hydrogen-bond donors (Lipinski definition) is 0. The van der Waals surface area contributed by atoms with Gasteiger partial charge in [0.1, 0.15) is 5.71 Å². The second-order valence-corrected chi connectivity index (χ2v) is 6.20. The van der Waals surface area contributed by atoms with E-state index in [2.05, 4.69) is 41.9 Å². The molecule has 72 valence electrons. The number of benzene rings is 1. The second kappa shape index (κ2) is 3.47. The van der Waals surface area contributed by atoms with Crippen molar-refractivity contribution in [2.45, 2.75) is 3.23 Å². The summed E-state index contributed by atoms with van der Waals surface area (Å²) in [6, 6.07) is 9.36. The number of hydrogen-bond acceptors (Lipinski definition) is 3. The molecule has 3 nitrogen and oxygen atoms in total. The van der Waals surface area contributed by atoms with Crippen LogP contribution in [-0.2, 0) is 9.63 Å². The molecule has 1 aromatic rings. The molecule has 0 amide bonds. The Morgan fingerprint density at radius 2 is 1.86 bits per heavy atom. The molecule has 5 heteroatoms. The molecule has 1 aromatic carbocycles. The van der Waals surface area contributed by atoms with Crippen molar-refractivity contribution in [3.63, 3.8) is 0 Å². The summed E-state index contributed by atoms with van der Waals surface area (Å²) in [6.45, 7) is 0. The Balaban J connectivity index is 2.43. The Kier molecular flexibility index (Phi) is 2.45. The van der Waals surface area contributed by atoms with Crippen molar-refractivity contribution in [3.8, 4) is 0 Å². The summed E-state index contributed by atoms with van der Waals surface area (Å²) >= 11 is 6.44. The maximum Gasteiger partial charge on any atom is 0.368 e. The molecule has 0 N–H and O–H groups in total. The molecular formula is C9H5Br2NO2. The average molecular weight is 319 g/mol. The molecule has 1 heterocycles. The third-order valence-electron chi connectivity index (χ3n) is 1.82. The molecule has 0 saturated heterocycles. The fraction of sp³-hybridized carbons (Fsp3) is 0.111. The van der Waals surface area contributed by atoms with Crippen LogP contribution in [0.15, 0.2) is 35.5 Å². The first-order valence-electron chi connectivity index (χ1n) is 3.85. The van der Waals surface area contributed by atoms with Gasteiger partial charge in [0.05, 0.1) is 0 Å². The number of halogens is 2. The summed E-state index contributed by atoms with van der Waals surface area (Å²) in [6.07, 6.45) is 0. The average Bonchev–Trinajstić information content (AvgIpc) is 2.44. The number of rotatable bonds is 1.